The molecule has 3 rings (SSSR count). The highest BCUT2D eigenvalue weighted by atomic mass is 32.2. The number of nitrogens with one attached hydrogen (secondary N) is 1. The minimum Gasteiger partial charge on any atom is -0.354 e. The van der Waals surface area contributed by atoms with E-state index in [4.69, 9.17) is 0 Å². The van der Waals surface area contributed by atoms with Crippen LogP contribution >= 0.6 is 0 Å². The van der Waals surface area contributed by atoms with E-state index in [1.807, 2.05) is 39.5 Å². The fourth-order valence-electron chi connectivity index (χ4n) is 4.51. The fourth-order valence-corrected chi connectivity index (χ4v) is 6.13. The molecule has 8 nitrogen and oxygen atoms in total. The summed E-state index contributed by atoms with van der Waals surface area (Å²) in [5, 5.41) is 9.35. The van der Waals surface area contributed by atoms with Gasteiger partial charge in [-0.05, 0) is 81.0 Å². The van der Waals surface area contributed by atoms with Crippen molar-refractivity contribution in [3.63, 3.8) is 0 Å². The molecule has 0 radical (unpaired) electrons. The Labute approximate surface area is 202 Å². The zero-order valence-electron chi connectivity index (χ0n) is 20.6. The van der Waals surface area contributed by atoms with Crippen molar-refractivity contribution in [3.05, 3.63) is 51.7 Å². The number of hydrogen-bond donors (Lipinski definition) is 1. The number of anilines is 1. The molecule has 1 aromatic carbocycles. The smallest absolute Gasteiger partial charge is 0.241 e. The molecule has 182 valence electrons. The molecule has 1 N–H and O–H groups in total. The van der Waals surface area contributed by atoms with Gasteiger partial charge in [0.2, 0.25) is 15.9 Å². The summed E-state index contributed by atoms with van der Waals surface area (Å²) in [6, 6.07) is 5.64. The van der Waals surface area contributed by atoms with Gasteiger partial charge in [-0.3, -0.25) is 4.79 Å². The number of sulfonamides is 1. The first kappa shape index (κ1) is 25.7. The Hall–Kier alpha value is -2.96. The minimum atomic E-state index is -3.74. The van der Waals surface area contributed by atoms with Gasteiger partial charge in [0.25, 0.3) is 0 Å². The van der Waals surface area contributed by atoms with Gasteiger partial charge in [-0.1, -0.05) is 0 Å². The molecule has 0 aliphatic carbocycles. The van der Waals surface area contributed by atoms with E-state index >= 15 is 0 Å². The average molecular weight is 484 g/mol. The number of aromatic nitrogens is 1. The van der Waals surface area contributed by atoms with Crippen LogP contribution in [0.5, 0.6) is 0 Å². The van der Waals surface area contributed by atoms with Gasteiger partial charge >= 0.3 is 0 Å². The molecule has 2 aromatic rings. The van der Waals surface area contributed by atoms with Crippen LogP contribution in [0.4, 0.5) is 5.82 Å². The molecule has 1 saturated heterocycles. The standard InChI is InChI=1S/C25H33N5O3S/c1-17-18(2)20(4)24(21(5)19(17)3)34(32,33)28-11-9-23(31)29-12-7-13-30(15-14-29)25-22(16-26)8-6-10-27-25/h6,8,10,28H,7,9,11-15H2,1-5H3. The Morgan fingerprint density at radius 1 is 1.03 bits per heavy atom. The molecule has 34 heavy (non-hydrogen) atoms. The number of nitrogens with zero attached hydrogens (tertiary/aromatic N) is 4. The molecule has 0 unspecified atom stereocenters. The second kappa shape index (κ2) is 10.5. The summed E-state index contributed by atoms with van der Waals surface area (Å²) in [7, 11) is -3.74. The molecule has 1 fully saturated rings. The average Bonchev–Trinajstić information content (AvgIpc) is 3.07. The zero-order valence-corrected chi connectivity index (χ0v) is 21.4. The number of carbonyl (C=O) groups is 1. The lowest BCUT2D eigenvalue weighted by Gasteiger charge is -2.23. The minimum absolute atomic E-state index is 0.0467. The third-order valence-electron chi connectivity index (χ3n) is 6.89. The largest absolute Gasteiger partial charge is 0.354 e. The molecule has 1 aliphatic rings. The van der Waals surface area contributed by atoms with Crippen molar-refractivity contribution < 1.29 is 13.2 Å². The maximum Gasteiger partial charge on any atom is 0.241 e. The lowest BCUT2D eigenvalue weighted by Crippen LogP contribution is -2.37. The Bertz CT molecular complexity index is 1200. The van der Waals surface area contributed by atoms with Gasteiger partial charge in [0.05, 0.1) is 10.5 Å². The van der Waals surface area contributed by atoms with Gasteiger partial charge in [-0.25, -0.2) is 18.1 Å². The van der Waals surface area contributed by atoms with Crippen LogP contribution in [-0.2, 0) is 14.8 Å². The van der Waals surface area contributed by atoms with Crippen LogP contribution in [0.3, 0.4) is 0 Å². The molecule has 0 atom stereocenters. The van der Waals surface area contributed by atoms with E-state index < -0.39 is 10.0 Å². The van der Waals surface area contributed by atoms with Crippen LogP contribution in [0.2, 0.25) is 0 Å². The molecule has 0 spiro atoms. The summed E-state index contributed by atoms with van der Waals surface area (Å²) in [6.07, 6.45) is 2.50. The summed E-state index contributed by atoms with van der Waals surface area (Å²) in [5.74, 6) is 0.553. The van der Waals surface area contributed by atoms with Crippen LogP contribution < -0.4 is 9.62 Å². The molecular formula is C25H33N5O3S. The van der Waals surface area contributed by atoms with E-state index in [-0.39, 0.29) is 18.9 Å². The molecule has 9 heteroatoms. The van der Waals surface area contributed by atoms with Crippen molar-refractivity contribution in [2.45, 2.75) is 52.4 Å². The van der Waals surface area contributed by atoms with Crippen molar-refractivity contribution in [2.24, 2.45) is 0 Å². The highest BCUT2D eigenvalue weighted by Gasteiger charge is 2.25. The van der Waals surface area contributed by atoms with Crippen molar-refractivity contribution in [1.82, 2.24) is 14.6 Å². The van der Waals surface area contributed by atoms with E-state index in [1.165, 1.54) is 0 Å². The second-order valence-electron chi connectivity index (χ2n) is 8.81. The lowest BCUT2D eigenvalue weighted by atomic mass is 9.95. The molecule has 0 bridgehead atoms. The monoisotopic (exact) mass is 483 g/mol. The molecule has 2 heterocycles. The SMILES string of the molecule is Cc1c(C)c(C)c(S(=O)(=O)NCCC(=O)N2CCCN(c3ncccc3C#N)CC2)c(C)c1C. The van der Waals surface area contributed by atoms with Gasteiger partial charge in [0.1, 0.15) is 11.9 Å². The normalized spacial score (nSPS) is 14.6. The molecule has 1 aromatic heterocycles. The molecule has 1 aliphatic heterocycles. The number of hydrogen-bond acceptors (Lipinski definition) is 6. The predicted octanol–water partition coefficient (Wildman–Crippen LogP) is 2.90. The number of pyridine rings is 1. The third kappa shape index (κ3) is 5.24. The van der Waals surface area contributed by atoms with Crippen LogP contribution in [0.1, 0.15) is 46.2 Å². The van der Waals surface area contributed by atoms with Gasteiger partial charge in [0.15, 0.2) is 0 Å². The fraction of sp³-hybridized carbons (Fsp3) is 0.480. The van der Waals surface area contributed by atoms with E-state index in [0.29, 0.717) is 42.5 Å². The quantitative estimate of drug-likeness (QED) is 0.677. The van der Waals surface area contributed by atoms with Crippen LogP contribution in [0.15, 0.2) is 23.2 Å². The predicted molar refractivity (Wildman–Crippen MR) is 132 cm³/mol. The van der Waals surface area contributed by atoms with Gasteiger partial charge in [-0.15, -0.1) is 0 Å². The summed E-state index contributed by atoms with van der Waals surface area (Å²) in [6.45, 7) is 12.0. The van der Waals surface area contributed by atoms with Crippen molar-refractivity contribution in [1.29, 1.82) is 5.26 Å². The Kier molecular flexibility index (Phi) is 7.95. The van der Waals surface area contributed by atoms with Crippen molar-refractivity contribution >= 4 is 21.7 Å². The molecule has 1 amide bonds. The molecule has 0 saturated carbocycles. The number of carbonyl (C=O) groups excluding carboxylic acids is 1. The van der Waals surface area contributed by atoms with Crippen molar-refractivity contribution in [3.8, 4) is 6.07 Å². The third-order valence-corrected chi connectivity index (χ3v) is 8.62. The highest BCUT2D eigenvalue weighted by molar-refractivity contribution is 7.89. The maximum absolute atomic E-state index is 13.1. The Morgan fingerprint density at radius 2 is 1.68 bits per heavy atom. The first-order chi connectivity index (χ1) is 16.1. The van der Waals surface area contributed by atoms with Gasteiger partial charge < -0.3 is 9.80 Å². The van der Waals surface area contributed by atoms with Crippen LogP contribution in [-0.4, -0.2) is 56.9 Å². The van der Waals surface area contributed by atoms with E-state index in [0.717, 1.165) is 34.2 Å². The van der Waals surface area contributed by atoms with E-state index in [2.05, 4.69) is 15.8 Å². The second-order valence-corrected chi connectivity index (χ2v) is 10.5. The maximum atomic E-state index is 13.1. The van der Waals surface area contributed by atoms with Crippen LogP contribution in [0, 0.1) is 45.9 Å². The van der Waals surface area contributed by atoms with E-state index in [9.17, 15) is 18.5 Å². The Morgan fingerprint density at radius 3 is 2.32 bits per heavy atom. The van der Waals surface area contributed by atoms with Crippen LogP contribution in [0.25, 0.3) is 0 Å². The summed E-state index contributed by atoms with van der Waals surface area (Å²) < 4.78 is 28.8. The van der Waals surface area contributed by atoms with Crippen molar-refractivity contribution in [2.75, 3.05) is 37.6 Å². The highest BCUT2D eigenvalue weighted by Crippen LogP contribution is 2.29. The molecular weight excluding hydrogens is 450 g/mol. The van der Waals surface area contributed by atoms with Gasteiger partial charge in [-0.2, -0.15) is 5.26 Å². The number of nitriles is 1. The van der Waals surface area contributed by atoms with E-state index in [1.54, 1.807) is 23.2 Å². The topological polar surface area (TPSA) is 106 Å². The summed E-state index contributed by atoms with van der Waals surface area (Å²) >= 11 is 0. The lowest BCUT2D eigenvalue weighted by molar-refractivity contribution is -0.130. The first-order valence-corrected chi connectivity index (χ1v) is 13.0. The number of amides is 1. The summed E-state index contributed by atoms with van der Waals surface area (Å²) in [4.78, 5) is 21.3. The van der Waals surface area contributed by atoms with Gasteiger partial charge in [0, 0.05) is 45.3 Å². The Balaban J connectivity index is 1.62. The summed E-state index contributed by atoms with van der Waals surface area (Å²) in [5.41, 5.74) is 5.06. The number of benzene rings is 1. The number of rotatable bonds is 6. The first-order valence-electron chi connectivity index (χ1n) is 11.5. The zero-order chi connectivity index (χ0) is 25.0.